The number of rotatable bonds is 6. The first-order valence-electron chi connectivity index (χ1n) is 10.4. The molecule has 0 saturated carbocycles. The standard InChI is InChI=1S/C24H22FN7O2/c1-6-7-8-20(26-4)16-12-27-24-29-22(30-32(24)13-16)18-11-17(9-10-19(18)25)31(5)23(33)21-14(2)28-15(3)34-21/h6-13H,4H2,1-3,5H3/b7-6-,20-8-. The zero-order chi connectivity index (χ0) is 24.4. The average molecular weight is 459 g/mol. The van der Waals surface area contributed by atoms with Crippen LogP contribution in [-0.2, 0) is 0 Å². The summed E-state index contributed by atoms with van der Waals surface area (Å²) in [5, 5.41) is 4.39. The van der Waals surface area contributed by atoms with Crippen LogP contribution >= 0.6 is 0 Å². The van der Waals surface area contributed by atoms with Gasteiger partial charge in [0, 0.05) is 37.6 Å². The van der Waals surface area contributed by atoms with Gasteiger partial charge in [-0.1, -0.05) is 12.2 Å². The molecule has 0 spiro atoms. The average Bonchev–Trinajstić information content (AvgIpc) is 3.40. The van der Waals surface area contributed by atoms with Gasteiger partial charge >= 0.3 is 0 Å². The van der Waals surface area contributed by atoms with Crippen molar-refractivity contribution >= 4 is 29.8 Å². The summed E-state index contributed by atoms with van der Waals surface area (Å²) in [5.74, 6) is 0.00432. The topological polar surface area (TPSA) is 102 Å². The highest BCUT2D eigenvalue weighted by Gasteiger charge is 2.23. The lowest BCUT2D eigenvalue weighted by atomic mass is 10.1. The molecule has 4 aromatic rings. The monoisotopic (exact) mass is 459 g/mol. The fourth-order valence-electron chi connectivity index (χ4n) is 3.35. The fourth-order valence-corrected chi connectivity index (χ4v) is 3.35. The van der Waals surface area contributed by atoms with E-state index >= 15 is 0 Å². The van der Waals surface area contributed by atoms with E-state index in [9.17, 15) is 9.18 Å². The second kappa shape index (κ2) is 9.18. The number of aliphatic imine (C=N–C) groups is 1. The summed E-state index contributed by atoms with van der Waals surface area (Å²) in [6.07, 6.45) is 8.78. The quantitative estimate of drug-likeness (QED) is 0.312. The molecule has 0 radical (unpaired) electrons. The molecule has 3 heterocycles. The molecule has 0 fully saturated rings. The van der Waals surface area contributed by atoms with Gasteiger partial charge in [-0.3, -0.25) is 9.79 Å². The molecular formula is C24H22FN7O2. The number of carbonyl (C=O) groups is 1. The number of anilines is 1. The van der Waals surface area contributed by atoms with E-state index in [-0.39, 0.29) is 22.9 Å². The van der Waals surface area contributed by atoms with Crippen molar-refractivity contribution in [3.05, 3.63) is 77.5 Å². The molecule has 0 aliphatic heterocycles. The first-order valence-corrected chi connectivity index (χ1v) is 10.4. The lowest BCUT2D eigenvalue weighted by Crippen LogP contribution is -2.26. The van der Waals surface area contributed by atoms with E-state index in [0.29, 0.717) is 28.5 Å². The van der Waals surface area contributed by atoms with Gasteiger partial charge in [-0.25, -0.2) is 18.9 Å². The lowest BCUT2D eigenvalue weighted by Gasteiger charge is -2.17. The molecule has 0 bridgehead atoms. The molecular weight excluding hydrogens is 437 g/mol. The SMILES string of the molecule is C=N/C(=C\C=C/C)c1cnc2nc(-c3cc(N(C)C(=O)c4oc(C)nc4C)ccc3F)nn2c1. The Bertz CT molecular complexity index is 1470. The smallest absolute Gasteiger partial charge is 0.295 e. The molecule has 0 aliphatic carbocycles. The largest absolute Gasteiger partial charge is 0.436 e. The molecule has 1 aromatic carbocycles. The van der Waals surface area contributed by atoms with Gasteiger partial charge in [0.05, 0.1) is 17.0 Å². The van der Waals surface area contributed by atoms with Crippen LogP contribution in [-0.4, -0.2) is 44.2 Å². The van der Waals surface area contributed by atoms with Crippen molar-refractivity contribution in [2.75, 3.05) is 11.9 Å². The Balaban J connectivity index is 1.71. The number of aromatic nitrogens is 5. The van der Waals surface area contributed by atoms with Crippen molar-refractivity contribution in [2.45, 2.75) is 20.8 Å². The summed E-state index contributed by atoms with van der Waals surface area (Å²) in [7, 11) is 1.57. The van der Waals surface area contributed by atoms with E-state index < -0.39 is 11.7 Å². The highest BCUT2D eigenvalue weighted by molar-refractivity contribution is 6.04. The minimum atomic E-state index is -0.533. The zero-order valence-electron chi connectivity index (χ0n) is 19.2. The molecule has 34 heavy (non-hydrogen) atoms. The maximum absolute atomic E-state index is 14.8. The van der Waals surface area contributed by atoms with E-state index in [1.165, 1.54) is 27.6 Å². The Kier molecular flexibility index (Phi) is 6.13. The molecule has 0 saturated heterocycles. The number of halogens is 1. The first-order chi connectivity index (χ1) is 16.3. The molecule has 0 aliphatic rings. The Morgan fingerprint density at radius 1 is 1.29 bits per heavy atom. The fraction of sp³-hybridized carbons (Fsp3) is 0.167. The van der Waals surface area contributed by atoms with Gasteiger partial charge in [0.1, 0.15) is 5.82 Å². The van der Waals surface area contributed by atoms with Crippen LogP contribution in [0, 0.1) is 19.7 Å². The second-order valence-electron chi connectivity index (χ2n) is 7.43. The van der Waals surface area contributed by atoms with E-state index in [4.69, 9.17) is 4.42 Å². The number of oxazole rings is 1. The number of aryl methyl sites for hydroxylation is 2. The van der Waals surface area contributed by atoms with Crippen LogP contribution in [0.25, 0.3) is 22.9 Å². The van der Waals surface area contributed by atoms with Gasteiger partial charge in [-0.15, -0.1) is 5.10 Å². The van der Waals surface area contributed by atoms with Gasteiger partial charge in [-0.2, -0.15) is 4.98 Å². The molecule has 1 amide bonds. The maximum atomic E-state index is 14.8. The van der Waals surface area contributed by atoms with Crippen LogP contribution in [0.5, 0.6) is 0 Å². The summed E-state index contributed by atoms with van der Waals surface area (Å²) in [5.41, 5.74) is 2.33. The van der Waals surface area contributed by atoms with Crippen molar-refractivity contribution in [2.24, 2.45) is 4.99 Å². The van der Waals surface area contributed by atoms with Gasteiger partial charge < -0.3 is 9.32 Å². The van der Waals surface area contributed by atoms with Crippen molar-refractivity contribution < 1.29 is 13.6 Å². The zero-order valence-corrected chi connectivity index (χ0v) is 19.2. The van der Waals surface area contributed by atoms with Crippen molar-refractivity contribution in [3.8, 4) is 11.4 Å². The summed E-state index contributed by atoms with van der Waals surface area (Å²) in [6, 6.07) is 4.26. The Hall–Kier alpha value is -4.47. The Morgan fingerprint density at radius 3 is 2.76 bits per heavy atom. The van der Waals surface area contributed by atoms with Gasteiger partial charge in [-0.05, 0) is 44.8 Å². The van der Waals surface area contributed by atoms with Crippen molar-refractivity contribution in [1.29, 1.82) is 0 Å². The van der Waals surface area contributed by atoms with Crippen LogP contribution in [0.1, 0.15) is 34.6 Å². The van der Waals surface area contributed by atoms with Crippen LogP contribution in [0.2, 0.25) is 0 Å². The normalized spacial score (nSPS) is 12.0. The highest BCUT2D eigenvalue weighted by Crippen LogP contribution is 2.27. The van der Waals surface area contributed by atoms with Crippen LogP contribution in [0.4, 0.5) is 10.1 Å². The van der Waals surface area contributed by atoms with E-state index in [2.05, 4.69) is 31.8 Å². The van der Waals surface area contributed by atoms with Crippen molar-refractivity contribution in [3.63, 3.8) is 0 Å². The van der Waals surface area contributed by atoms with Gasteiger partial charge in [0.2, 0.25) is 5.76 Å². The minimum Gasteiger partial charge on any atom is -0.436 e. The third-order valence-electron chi connectivity index (χ3n) is 5.09. The predicted molar refractivity (Wildman–Crippen MR) is 127 cm³/mol. The molecule has 0 atom stereocenters. The number of carbonyl (C=O) groups excluding carboxylic acids is 1. The number of amides is 1. The minimum absolute atomic E-state index is 0.126. The molecule has 9 nitrogen and oxygen atoms in total. The van der Waals surface area contributed by atoms with E-state index in [1.54, 1.807) is 39.4 Å². The highest BCUT2D eigenvalue weighted by atomic mass is 19.1. The summed E-state index contributed by atoms with van der Waals surface area (Å²) in [4.78, 5) is 31.0. The number of hydrogen-bond acceptors (Lipinski definition) is 7. The van der Waals surface area contributed by atoms with Crippen LogP contribution in [0.15, 0.2) is 58.2 Å². The third kappa shape index (κ3) is 4.25. The maximum Gasteiger partial charge on any atom is 0.295 e. The summed E-state index contributed by atoms with van der Waals surface area (Å²) >= 11 is 0. The summed E-state index contributed by atoms with van der Waals surface area (Å²) < 4.78 is 21.6. The number of allylic oxidation sites excluding steroid dienone is 3. The molecule has 172 valence electrons. The number of fused-ring (bicyclic) bond motifs is 1. The molecule has 4 rings (SSSR count). The summed E-state index contributed by atoms with van der Waals surface area (Å²) in [6.45, 7) is 8.84. The Morgan fingerprint density at radius 2 is 2.09 bits per heavy atom. The van der Waals surface area contributed by atoms with E-state index in [1.807, 2.05) is 19.1 Å². The lowest BCUT2D eigenvalue weighted by molar-refractivity contribution is 0.0964. The number of hydrogen-bond donors (Lipinski definition) is 0. The molecule has 0 N–H and O–H groups in total. The Labute approximate surface area is 195 Å². The second-order valence-corrected chi connectivity index (χ2v) is 7.43. The van der Waals surface area contributed by atoms with Gasteiger partial charge in [0.15, 0.2) is 11.7 Å². The van der Waals surface area contributed by atoms with E-state index in [0.717, 1.165) is 0 Å². The third-order valence-corrected chi connectivity index (χ3v) is 5.09. The van der Waals surface area contributed by atoms with Crippen molar-refractivity contribution in [1.82, 2.24) is 24.6 Å². The van der Waals surface area contributed by atoms with Crippen LogP contribution in [0.3, 0.4) is 0 Å². The predicted octanol–water partition coefficient (Wildman–Crippen LogP) is 4.43. The molecule has 3 aromatic heterocycles. The van der Waals surface area contributed by atoms with Gasteiger partial charge in [0.25, 0.3) is 11.7 Å². The number of nitrogens with zero attached hydrogens (tertiary/aromatic N) is 7. The first kappa shape index (κ1) is 22.7. The number of benzene rings is 1. The van der Waals surface area contributed by atoms with Crippen LogP contribution < -0.4 is 4.90 Å². The molecule has 10 heteroatoms. The molecule has 0 unspecified atom stereocenters.